The summed E-state index contributed by atoms with van der Waals surface area (Å²) in [6.07, 6.45) is 0. The average molecular weight is 328 g/mol. The third-order valence-corrected chi connectivity index (χ3v) is 3.13. The molecule has 0 saturated carbocycles. The molecule has 0 aliphatic carbocycles. The highest BCUT2D eigenvalue weighted by molar-refractivity contribution is 9.10. The maximum atomic E-state index is 13.5. The van der Waals surface area contributed by atoms with Crippen molar-refractivity contribution in [3.63, 3.8) is 0 Å². The van der Waals surface area contributed by atoms with E-state index in [1.807, 2.05) is 19.2 Å². The Labute approximate surface area is 118 Å². The molecule has 2 rings (SSSR count). The highest BCUT2D eigenvalue weighted by Gasteiger charge is 2.11. The van der Waals surface area contributed by atoms with E-state index in [0.717, 1.165) is 11.6 Å². The molecule has 0 radical (unpaired) electrons. The van der Waals surface area contributed by atoms with Gasteiger partial charge in [-0.15, -0.1) is 0 Å². The lowest BCUT2D eigenvalue weighted by Gasteiger charge is -2.10. The van der Waals surface area contributed by atoms with Gasteiger partial charge in [0.15, 0.2) is 11.6 Å². The monoisotopic (exact) mass is 327 g/mol. The molecule has 1 N–H and O–H groups in total. The van der Waals surface area contributed by atoms with Crippen LogP contribution in [0, 0.1) is 11.6 Å². The molecule has 19 heavy (non-hydrogen) atoms. The average Bonchev–Trinajstić information content (AvgIpc) is 2.38. The molecule has 0 amide bonds. The number of rotatable bonds is 4. The zero-order chi connectivity index (χ0) is 13.8. The van der Waals surface area contributed by atoms with Crippen molar-refractivity contribution in [2.24, 2.45) is 0 Å². The molecule has 0 aromatic heterocycles. The Bertz CT molecular complexity index is 590. The van der Waals surface area contributed by atoms with Crippen molar-refractivity contribution in [1.82, 2.24) is 5.32 Å². The summed E-state index contributed by atoms with van der Waals surface area (Å²) in [5.74, 6) is -1.62. The molecule has 0 aliphatic rings. The molecule has 0 bridgehead atoms. The maximum Gasteiger partial charge on any atom is 0.201 e. The molecule has 0 heterocycles. The van der Waals surface area contributed by atoms with Crippen LogP contribution in [0.25, 0.3) is 0 Å². The largest absolute Gasteiger partial charge is 0.453 e. The van der Waals surface area contributed by atoms with Gasteiger partial charge in [0.1, 0.15) is 5.75 Å². The summed E-state index contributed by atoms with van der Waals surface area (Å²) in [5.41, 5.74) is 1.06. The summed E-state index contributed by atoms with van der Waals surface area (Å²) < 4.78 is 32.6. The summed E-state index contributed by atoms with van der Waals surface area (Å²) in [6, 6.07) is 9.26. The van der Waals surface area contributed by atoms with Gasteiger partial charge in [0.2, 0.25) is 5.82 Å². The van der Waals surface area contributed by atoms with E-state index in [0.29, 0.717) is 16.8 Å². The third-order valence-electron chi connectivity index (χ3n) is 2.51. The summed E-state index contributed by atoms with van der Waals surface area (Å²) >= 11 is 3.35. The molecule has 0 fully saturated rings. The Morgan fingerprint density at radius 2 is 1.95 bits per heavy atom. The van der Waals surface area contributed by atoms with Crippen LogP contribution in [0.3, 0.4) is 0 Å². The number of halogens is 3. The molecule has 2 aromatic rings. The number of ether oxygens (including phenoxy) is 1. The lowest BCUT2D eigenvalue weighted by atomic mass is 10.2. The maximum absolute atomic E-state index is 13.5. The lowest BCUT2D eigenvalue weighted by Crippen LogP contribution is -2.04. The van der Waals surface area contributed by atoms with Crippen molar-refractivity contribution >= 4 is 15.9 Å². The van der Waals surface area contributed by atoms with Gasteiger partial charge in [-0.1, -0.05) is 12.1 Å². The Hall–Kier alpha value is -1.46. The van der Waals surface area contributed by atoms with Crippen LogP contribution in [0.4, 0.5) is 8.78 Å². The quantitative estimate of drug-likeness (QED) is 0.906. The lowest BCUT2D eigenvalue weighted by molar-refractivity contribution is 0.414. The highest BCUT2D eigenvalue weighted by Crippen LogP contribution is 2.32. The fourth-order valence-corrected chi connectivity index (χ4v) is 2.13. The molecule has 0 saturated heterocycles. The predicted octanol–water partition coefficient (Wildman–Crippen LogP) is 4.24. The summed E-state index contributed by atoms with van der Waals surface area (Å²) in [4.78, 5) is 0. The van der Waals surface area contributed by atoms with Crippen LogP contribution in [-0.2, 0) is 6.54 Å². The first-order valence-corrected chi connectivity index (χ1v) is 6.46. The van der Waals surface area contributed by atoms with Crippen molar-refractivity contribution in [3.8, 4) is 11.5 Å². The van der Waals surface area contributed by atoms with Gasteiger partial charge in [-0.2, -0.15) is 4.39 Å². The van der Waals surface area contributed by atoms with Crippen LogP contribution in [-0.4, -0.2) is 7.05 Å². The highest BCUT2D eigenvalue weighted by atomic mass is 79.9. The van der Waals surface area contributed by atoms with Gasteiger partial charge >= 0.3 is 0 Å². The van der Waals surface area contributed by atoms with Crippen LogP contribution in [0.15, 0.2) is 40.9 Å². The first kappa shape index (κ1) is 14.0. The molecule has 2 aromatic carbocycles. The fourth-order valence-electron chi connectivity index (χ4n) is 1.62. The van der Waals surface area contributed by atoms with Crippen molar-refractivity contribution in [1.29, 1.82) is 0 Å². The van der Waals surface area contributed by atoms with Gasteiger partial charge in [-0.05, 0) is 52.8 Å². The van der Waals surface area contributed by atoms with E-state index in [1.54, 1.807) is 6.07 Å². The van der Waals surface area contributed by atoms with E-state index >= 15 is 0 Å². The normalized spacial score (nSPS) is 10.5. The molecular formula is C14H12BrF2NO. The standard InChI is InChI=1S/C14H12BrF2NO/c1-18-8-9-5-6-12(10(15)7-9)19-13-4-2-3-11(16)14(13)17/h2-7,18H,8H2,1H3. The van der Waals surface area contributed by atoms with Crippen molar-refractivity contribution < 1.29 is 13.5 Å². The Balaban J connectivity index is 2.26. The summed E-state index contributed by atoms with van der Waals surface area (Å²) in [6.45, 7) is 0.715. The van der Waals surface area contributed by atoms with E-state index in [2.05, 4.69) is 21.2 Å². The zero-order valence-electron chi connectivity index (χ0n) is 10.2. The molecule has 0 atom stereocenters. The number of hydrogen-bond donors (Lipinski definition) is 1. The Morgan fingerprint density at radius 3 is 2.63 bits per heavy atom. The van der Waals surface area contributed by atoms with E-state index in [4.69, 9.17) is 4.74 Å². The van der Waals surface area contributed by atoms with E-state index in [9.17, 15) is 8.78 Å². The van der Waals surface area contributed by atoms with Gasteiger partial charge in [0.05, 0.1) is 4.47 Å². The molecule has 0 spiro atoms. The van der Waals surface area contributed by atoms with Crippen LogP contribution in [0.2, 0.25) is 0 Å². The number of benzene rings is 2. The van der Waals surface area contributed by atoms with Gasteiger partial charge < -0.3 is 10.1 Å². The van der Waals surface area contributed by atoms with Crippen LogP contribution >= 0.6 is 15.9 Å². The smallest absolute Gasteiger partial charge is 0.201 e. The molecule has 0 unspecified atom stereocenters. The second kappa shape index (κ2) is 6.12. The summed E-state index contributed by atoms with van der Waals surface area (Å²) in [5, 5.41) is 3.03. The third kappa shape index (κ3) is 3.30. The van der Waals surface area contributed by atoms with E-state index in [1.165, 1.54) is 12.1 Å². The second-order valence-electron chi connectivity index (χ2n) is 3.95. The van der Waals surface area contributed by atoms with Crippen molar-refractivity contribution in [2.75, 3.05) is 7.05 Å². The molecule has 100 valence electrons. The van der Waals surface area contributed by atoms with Crippen molar-refractivity contribution in [2.45, 2.75) is 6.54 Å². The number of nitrogens with one attached hydrogen (secondary N) is 1. The number of hydrogen-bond acceptors (Lipinski definition) is 2. The minimum atomic E-state index is -0.992. The van der Waals surface area contributed by atoms with Crippen LogP contribution in [0.1, 0.15) is 5.56 Å². The predicted molar refractivity (Wildman–Crippen MR) is 73.3 cm³/mol. The van der Waals surface area contributed by atoms with Gasteiger partial charge in [-0.3, -0.25) is 0 Å². The summed E-state index contributed by atoms with van der Waals surface area (Å²) in [7, 11) is 1.85. The molecular weight excluding hydrogens is 316 g/mol. The van der Waals surface area contributed by atoms with Crippen LogP contribution < -0.4 is 10.1 Å². The fraction of sp³-hybridized carbons (Fsp3) is 0.143. The Morgan fingerprint density at radius 1 is 1.16 bits per heavy atom. The van der Waals surface area contributed by atoms with Crippen molar-refractivity contribution in [3.05, 3.63) is 58.1 Å². The first-order chi connectivity index (χ1) is 9.11. The Kier molecular flexibility index (Phi) is 4.50. The van der Waals surface area contributed by atoms with Crippen LogP contribution in [0.5, 0.6) is 11.5 Å². The second-order valence-corrected chi connectivity index (χ2v) is 4.80. The van der Waals surface area contributed by atoms with Gasteiger partial charge in [-0.25, -0.2) is 4.39 Å². The van der Waals surface area contributed by atoms with E-state index in [-0.39, 0.29) is 5.75 Å². The molecule has 0 aliphatic heterocycles. The van der Waals surface area contributed by atoms with Gasteiger partial charge in [0, 0.05) is 6.54 Å². The SMILES string of the molecule is CNCc1ccc(Oc2cccc(F)c2F)c(Br)c1. The topological polar surface area (TPSA) is 21.3 Å². The molecule has 5 heteroatoms. The molecule has 2 nitrogen and oxygen atoms in total. The van der Waals surface area contributed by atoms with Gasteiger partial charge in [0.25, 0.3) is 0 Å². The van der Waals surface area contributed by atoms with E-state index < -0.39 is 11.6 Å². The first-order valence-electron chi connectivity index (χ1n) is 5.66. The minimum absolute atomic E-state index is 0.137. The zero-order valence-corrected chi connectivity index (χ0v) is 11.8. The minimum Gasteiger partial charge on any atom is -0.453 e.